The van der Waals surface area contributed by atoms with Gasteiger partial charge < -0.3 is 26.1 Å². The van der Waals surface area contributed by atoms with E-state index < -0.39 is 6.10 Å². The number of aliphatic hydroxyl groups is 1. The molecule has 1 aromatic carbocycles. The largest absolute Gasteiger partial charge is 0.390 e. The van der Waals surface area contributed by atoms with E-state index >= 15 is 0 Å². The van der Waals surface area contributed by atoms with Crippen LogP contribution in [0.25, 0.3) is 11.0 Å². The molecule has 0 aliphatic rings. The normalized spacial score (nSPS) is 12.9. The number of nitrogens with one attached hydrogen (secondary N) is 3. The molecule has 1 atom stereocenters. The fraction of sp³-hybridized carbons (Fsp3) is 0.300. The molecule has 0 bridgehead atoms. The maximum Gasteiger partial charge on any atom is 0.323 e. The first-order chi connectivity index (χ1) is 7.69. The van der Waals surface area contributed by atoms with Gasteiger partial charge in [-0.05, 0) is 18.2 Å². The van der Waals surface area contributed by atoms with Crippen LogP contribution in [0.1, 0.15) is 0 Å². The van der Waals surface area contributed by atoms with Crippen molar-refractivity contribution >= 4 is 16.7 Å². The van der Waals surface area contributed by atoms with Crippen molar-refractivity contribution in [2.75, 3.05) is 18.4 Å². The van der Waals surface area contributed by atoms with Gasteiger partial charge in [0.1, 0.15) is 0 Å². The Morgan fingerprint density at radius 1 is 1.38 bits per heavy atom. The Hall–Kier alpha value is -1.79. The van der Waals surface area contributed by atoms with Crippen molar-refractivity contribution in [2.24, 2.45) is 5.73 Å². The number of benzene rings is 1. The Kier molecular flexibility index (Phi) is 2.93. The quantitative estimate of drug-likeness (QED) is 0.484. The van der Waals surface area contributed by atoms with E-state index in [9.17, 15) is 9.90 Å². The molecule has 0 aliphatic carbocycles. The number of fused-ring (bicyclic) bond motifs is 1. The topological polar surface area (TPSA) is 107 Å². The molecular weight excluding hydrogens is 208 g/mol. The minimum absolute atomic E-state index is 0.218. The van der Waals surface area contributed by atoms with Crippen molar-refractivity contribution in [1.29, 1.82) is 0 Å². The van der Waals surface area contributed by atoms with Crippen molar-refractivity contribution in [3.05, 3.63) is 28.7 Å². The van der Waals surface area contributed by atoms with E-state index in [0.717, 1.165) is 16.7 Å². The highest BCUT2D eigenvalue weighted by Crippen LogP contribution is 2.14. The zero-order valence-electron chi connectivity index (χ0n) is 8.66. The third-order valence-electron chi connectivity index (χ3n) is 2.33. The van der Waals surface area contributed by atoms with E-state index in [0.29, 0.717) is 6.54 Å². The van der Waals surface area contributed by atoms with Crippen molar-refractivity contribution < 1.29 is 5.11 Å². The van der Waals surface area contributed by atoms with Gasteiger partial charge in [-0.1, -0.05) is 0 Å². The standard InChI is InChI=1S/C10H14N4O2/c11-4-7(15)5-12-6-1-2-8-9(3-6)14-10(16)13-8/h1-3,7,12,15H,4-5,11H2,(H2,13,14,16). The summed E-state index contributed by atoms with van der Waals surface area (Å²) in [6, 6.07) is 5.43. The lowest BCUT2D eigenvalue weighted by Gasteiger charge is -2.10. The summed E-state index contributed by atoms with van der Waals surface area (Å²) in [4.78, 5) is 16.3. The first kappa shape index (κ1) is 10.7. The van der Waals surface area contributed by atoms with E-state index in [4.69, 9.17) is 5.73 Å². The van der Waals surface area contributed by atoms with Crippen LogP contribution in [0.3, 0.4) is 0 Å². The highest BCUT2D eigenvalue weighted by atomic mass is 16.3. The van der Waals surface area contributed by atoms with Gasteiger partial charge in [0.05, 0.1) is 17.1 Å². The SMILES string of the molecule is NCC(O)CNc1ccc2[nH]c(=O)[nH]c2c1. The maximum absolute atomic E-state index is 11.0. The molecular formula is C10H14N4O2. The molecule has 0 aliphatic heterocycles. The van der Waals surface area contributed by atoms with E-state index in [1.54, 1.807) is 12.1 Å². The minimum Gasteiger partial charge on any atom is -0.390 e. The number of nitrogens with two attached hydrogens (primary N) is 1. The second-order valence-electron chi connectivity index (χ2n) is 3.61. The number of hydrogen-bond acceptors (Lipinski definition) is 4. The molecule has 2 aromatic rings. The molecule has 0 saturated carbocycles. The number of aliphatic hydroxyl groups excluding tert-OH is 1. The molecule has 1 unspecified atom stereocenters. The first-order valence-electron chi connectivity index (χ1n) is 5.03. The van der Waals surface area contributed by atoms with Crippen LogP contribution < -0.4 is 16.7 Å². The van der Waals surface area contributed by atoms with Crippen LogP contribution in [-0.4, -0.2) is 34.3 Å². The molecule has 6 heteroatoms. The van der Waals surface area contributed by atoms with Crippen LogP contribution in [0.15, 0.2) is 23.0 Å². The van der Waals surface area contributed by atoms with Gasteiger partial charge >= 0.3 is 5.69 Å². The summed E-state index contributed by atoms with van der Waals surface area (Å²) in [5.41, 5.74) is 7.38. The molecule has 0 amide bonds. The molecule has 86 valence electrons. The van der Waals surface area contributed by atoms with Crippen molar-refractivity contribution in [3.63, 3.8) is 0 Å². The van der Waals surface area contributed by atoms with Gasteiger partial charge in [-0.2, -0.15) is 0 Å². The van der Waals surface area contributed by atoms with E-state index in [1.807, 2.05) is 6.07 Å². The monoisotopic (exact) mass is 222 g/mol. The molecule has 2 rings (SSSR count). The zero-order valence-corrected chi connectivity index (χ0v) is 8.66. The highest BCUT2D eigenvalue weighted by molar-refractivity contribution is 5.78. The van der Waals surface area contributed by atoms with E-state index in [-0.39, 0.29) is 12.2 Å². The highest BCUT2D eigenvalue weighted by Gasteiger charge is 2.02. The molecule has 6 N–H and O–H groups in total. The summed E-state index contributed by atoms with van der Waals surface area (Å²) in [6.07, 6.45) is -0.569. The number of H-pyrrole nitrogens is 2. The van der Waals surface area contributed by atoms with Crippen LogP contribution in [0.2, 0.25) is 0 Å². The van der Waals surface area contributed by atoms with Gasteiger partial charge in [0, 0.05) is 18.8 Å². The van der Waals surface area contributed by atoms with Crippen molar-refractivity contribution in [1.82, 2.24) is 9.97 Å². The van der Waals surface area contributed by atoms with E-state index in [1.165, 1.54) is 0 Å². The van der Waals surface area contributed by atoms with Crippen LogP contribution >= 0.6 is 0 Å². The molecule has 16 heavy (non-hydrogen) atoms. The third kappa shape index (κ3) is 2.23. The van der Waals surface area contributed by atoms with Crippen molar-refractivity contribution in [3.8, 4) is 0 Å². The second-order valence-corrected chi connectivity index (χ2v) is 3.61. The average molecular weight is 222 g/mol. The zero-order chi connectivity index (χ0) is 11.5. The molecule has 1 heterocycles. The Morgan fingerprint density at radius 2 is 2.12 bits per heavy atom. The summed E-state index contributed by atoms with van der Waals surface area (Å²) in [7, 11) is 0. The number of anilines is 1. The van der Waals surface area contributed by atoms with Crippen LogP contribution in [-0.2, 0) is 0 Å². The van der Waals surface area contributed by atoms with E-state index in [2.05, 4.69) is 15.3 Å². The first-order valence-corrected chi connectivity index (χ1v) is 5.03. The summed E-state index contributed by atoms with van der Waals surface area (Å²) in [6.45, 7) is 0.604. The smallest absolute Gasteiger partial charge is 0.323 e. The minimum atomic E-state index is -0.569. The molecule has 0 spiro atoms. The van der Waals surface area contributed by atoms with Crippen LogP contribution in [0, 0.1) is 0 Å². The lowest BCUT2D eigenvalue weighted by atomic mass is 10.2. The maximum atomic E-state index is 11.0. The van der Waals surface area contributed by atoms with Gasteiger partial charge in [0.25, 0.3) is 0 Å². The Bertz CT molecular complexity index is 531. The predicted octanol–water partition coefficient (Wildman–Crippen LogP) is -0.412. The molecule has 6 nitrogen and oxygen atoms in total. The summed E-state index contributed by atoms with van der Waals surface area (Å²) < 4.78 is 0. The average Bonchev–Trinajstić information content (AvgIpc) is 2.65. The predicted molar refractivity (Wildman–Crippen MR) is 62.5 cm³/mol. The van der Waals surface area contributed by atoms with Crippen molar-refractivity contribution in [2.45, 2.75) is 6.10 Å². The molecule has 1 aromatic heterocycles. The lowest BCUT2D eigenvalue weighted by Crippen LogP contribution is -2.27. The number of rotatable bonds is 4. The van der Waals surface area contributed by atoms with Gasteiger partial charge in [-0.3, -0.25) is 0 Å². The number of aromatic amines is 2. The number of hydrogen-bond donors (Lipinski definition) is 5. The number of aromatic nitrogens is 2. The van der Waals surface area contributed by atoms with Crippen LogP contribution in [0.4, 0.5) is 5.69 Å². The van der Waals surface area contributed by atoms with Gasteiger partial charge in [-0.15, -0.1) is 0 Å². The fourth-order valence-electron chi connectivity index (χ4n) is 1.46. The summed E-state index contributed by atoms with van der Waals surface area (Å²) >= 11 is 0. The Labute approximate surface area is 91.5 Å². The summed E-state index contributed by atoms with van der Waals surface area (Å²) in [5, 5.41) is 12.3. The fourth-order valence-corrected chi connectivity index (χ4v) is 1.46. The Balaban J connectivity index is 2.16. The lowest BCUT2D eigenvalue weighted by molar-refractivity contribution is 0.196. The van der Waals surface area contributed by atoms with Gasteiger partial charge in [-0.25, -0.2) is 4.79 Å². The number of imidazole rings is 1. The van der Waals surface area contributed by atoms with Crippen LogP contribution in [0.5, 0.6) is 0 Å². The second kappa shape index (κ2) is 4.38. The third-order valence-corrected chi connectivity index (χ3v) is 2.33. The molecule has 0 radical (unpaired) electrons. The van der Waals surface area contributed by atoms with Gasteiger partial charge in [0.15, 0.2) is 0 Å². The Morgan fingerprint density at radius 3 is 2.88 bits per heavy atom. The summed E-state index contributed by atoms with van der Waals surface area (Å²) in [5.74, 6) is 0. The molecule has 0 fully saturated rings. The van der Waals surface area contributed by atoms with Gasteiger partial charge in [0.2, 0.25) is 0 Å². The molecule has 0 saturated heterocycles.